The number of pyridine rings is 1. The number of aromatic nitrogens is 4. The Morgan fingerprint density at radius 3 is 2.81 bits per heavy atom. The van der Waals surface area contributed by atoms with E-state index in [1.807, 2.05) is 18.3 Å². The number of hydrogen-bond donors (Lipinski definition) is 1. The van der Waals surface area contributed by atoms with Crippen LogP contribution in [0.3, 0.4) is 0 Å². The van der Waals surface area contributed by atoms with Crippen molar-refractivity contribution in [3.05, 3.63) is 43.2 Å². The van der Waals surface area contributed by atoms with Gasteiger partial charge < -0.3 is 5.32 Å². The second kappa shape index (κ2) is 6.41. The first-order valence-corrected chi connectivity index (χ1v) is 7.60. The first kappa shape index (κ1) is 13.6. The first-order valence-electron chi connectivity index (χ1n) is 6.79. The standard InChI is InChI=1S/C15H15N5S/c1-2-5-19-15-20-9-13(21-15)12-4-3-6-18-14(12)11-7-16-10-17-8-11/h3-4,6-10H,2,5H2,1H3,(H,19,20). The molecule has 6 heteroatoms. The van der Waals surface area contributed by atoms with E-state index in [4.69, 9.17) is 0 Å². The molecular formula is C15H15N5S. The zero-order chi connectivity index (χ0) is 14.5. The molecule has 0 atom stereocenters. The molecule has 0 spiro atoms. The molecule has 3 aromatic heterocycles. The van der Waals surface area contributed by atoms with Crippen LogP contribution in [0.1, 0.15) is 13.3 Å². The van der Waals surface area contributed by atoms with E-state index in [1.165, 1.54) is 6.33 Å². The van der Waals surface area contributed by atoms with Gasteiger partial charge in [-0.3, -0.25) is 4.98 Å². The summed E-state index contributed by atoms with van der Waals surface area (Å²) in [5.41, 5.74) is 2.84. The molecule has 0 aliphatic heterocycles. The van der Waals surface area contributed by atoms with Gasteiger partial charge in [0.05, 0.1) is 10.6 Å². The van der Waals surface area contributed by atoms with Crippen LogP contribution in [0.5, 0.6) is 0 Å². The van der Waals surface area contributed by atoms with Crippen molar-refractivity contribution < 1.29 is 0 Å². The molecule has 0 unspecified atom stereocenters. The SMILES string of the molecule is CCCNc1ncc(-c2cccnc2-c2cncnc2)s1. The summed E-state index contributed by atoms with van der Waals surface area (Å²) in [5.74, 6) is 0. The average molecular weight is 297 g/mol. The quantitative estimate of drug-likeness (QED) is 0.781. The highest BCUT2D eigenvalue weighted by Crippen LogP contribution is 2.34. The van der Waals surface area contributed by atoms with Gasteiger partial charge in [-0.05, 0) is 18.6 Å². The third-order valence-corrected chi connectivity index (χ3v) is 3.93. The van der Waals surface area contributed by atoms with E-state index in [9.17, 15) is 0 Å². The highest BCUT2D eigenvalue weighted by atomic mass is 32.1. The molecule has 0 fully saturated rings. The highest BCUT2D eigenvalue weighted by molar-refractivity contribution is 7.18. The van der Waals surface area contributed by atoms with Crippen LogP contribution in [0.4, 0.5) is 5.13 Å². The summed E-state index contributed by atoms with van der Waals surface area (Å²) in [6, 6.07) is 3.98. The third kappa shape index (κ3) is 3.05. The van der Waals surface area contributed by atoms with Gasteiger partial charge in [-0.15, -0.1) is 0 Å². The molecule has 0 saturated heterocycles. The molecule has 106 valence electrons. The van der Waals surface area contributed by atoms with Crippen LogP contribution in [0.2, 0.25) is 0 Å². The van der Waals surface area contributed by atoms with Crippen LogP contribution in [0.25, 0.3) is 21.7 Å². The van der Waals surface area contributed by atoms with Crippen molar-refractivity contribution >= 4 is 16.5 Å². The fraction of sp³-hybridized carbons (Fsp3) is 0.200. The van der Waals surface area contributed by atoms with Crippen molar-refractivity contribution in [2.75, 3.05) is 11.9 Å². The predicted octanol–water partition coefficient (Wildman–Crippen LogP) is 3.48. The zero-order valence-electron chi connectivity index (χ0n) is 11.7. The maximum Gasteiger partial charge on any atom is 0.183 e. The first-order chi connectivity index (χ1) is 10.4. The lowest BCUT2D eigenvalue weighted by Gasteiger charge is -2.05. The van der Waals surface area contributed by atoms with Gasteiger partial charge in [-0.2, -0.15) is 0 Å². The summed E-state index contributed by atoms with van der Waals surface area (Å²) in [4.78, 5) is 18.1. The lowest BCUT2D eigenvalue weighted by atomic mass is 10.1. The molecule has 0 saturated carbocycles. The Balaban J connectivity index is 1.97. The summed E-state index contributed by atoms with van der Waals surface area (Å²) in [5, 5.41) is 4.24. The second-order valence-electron chi connectivity index (χ2n) is 4.48. The number of hydrogen-bond acceptors (Lipinski definition) is 6. The largest absolute Gasteiger partial charge is 0.362 e. The van der Waals surface area contributed by atoms with Crippen LogP contribution < -0.4 is 5.32 Å². The minimum absolute atomic E-state index is 0.879. The van der Waals surface area contributed by atoms with Gasteiger partial charge in [0.1, 0.15) is 6.33 Å². The molecule has 3 heterocycles. The van der Waals surface area contributed by atoms with Crippen molar-refractivity contribution in [2.24, 2.45) is 0 Å². The number of rotatable bonds is 5. The number of anilines is 1. The van der Waals surface area contributed by atoms with E-state index in [0.29, 0.717) is 0 Å². The molecule has 0 bridgehead atoms. The van der Waals surface area contributed by atoms with Crippen LogP contribution in [0, 0.1) is 0 Å². The van der Waals surface area contributed by atoms with E-state index >= 15 is 0 Å². The summed E-state index contributed by atoms with van der Waals surface area (Å²) < 4.78 is 0. The van der Waals surface area contributed by atoms with E-state index in [1.54, 1.807) is 29.9 Å². The minimum Gasteiger partial charge on any atom is -0.362 e. The molecule has 5 nitrogen and oxygen atoms in total. The Kier molecular flexibility index (Phi) is 4.16. The van der Waals surface area contributed by atoms with E-state index in [0.717, 1.165) is 39.8 Å². The van der Waals surface area contributed by atoms with Crippen molar-refractivity contribution in [3.8, 4) is 21.7 Å². The Morgan fingerprint density at radius 2 is 2.00 bits per heavy atom. The van der Waals surface area contributed by atoms with Crippen LogP contribution >= 0.6 is 11.3 Å². The van der Waals surface area contributed by atoms with Gasteiger partial charge in [-0.1, -0.05) is 18.3 Å². The molecule has 0 aliphatic carbocycles. The van der Waals surface area contributed by atoms with E-state index in [2.05, 4.69) is 32.2 Å². The summed E-state index contributed by atoms with van der Waals surface area (Å²) in [6.07, 6.45) is 9.81. The third-order valence-electron chi connectivity index (χ3n) is 2.94. The van der Waals surface area contributed by atoms with Crippen LogP contribution in [-0.4, -0.2) is 26.5 Å². The molecule has 0 radical (unpaired) electrons. The smallest absolute Gasteiger partial charge is 0.183 e. The maximum absolute atomic E-state index is 4.48. The Morgan fingerprint density at radius 1 is 1.14 bits per heavy atom. The fourth-order valence-corrected chi connectivity index (χ4v) is 2.84. The molecule has 3 aromatic rings. The average Bonchev–Trinajstić information content (AvgIpc) is 3.02. The van der Waals surface area contributed by atoms with Crippen molar-refractivity contribution in [2.45, 2.75) is 13.3 Å². The van der Waals surface area contributed by atoms with Crippen molar-refractivity contribution in [3.63, 3.8) is 0 Å². The second-order valence-corrected chi connectivity index (χ2v) is 5.51. The van der Waals surface area contributed by atoms with Gasteiger partial charge in [0.2, 0.25) is 0 Å². The molecule has 21 heavy (non-hydrogen) atoms. The zero-order valence-corrected chi connectivity index (χ0v) is 12.5. The van der Waals surface area contributed by atoms with Crippen LogP contribution in [-0.2, 0) is 0 Å². The molecule has 0 aliphatic rings. The van der Waals surface area contributed by atoms with Gasteiger partial charge in [0.15, 0.2) is 5.13 Å². The summed E-state index contributed by atoms with van der Waals surface area (Å²) in [6.45, 7) is 3.06. The predicted molar refractivity (Wildman–Crippen MR) is 85.2 cm³/mol. The highest BCUT2D eigenvalue weighted by Gasteiger charge is 2.11. The fourth-order valence-electron chi connectivity index (χ4n) is 1.97. The van der Waals surface area contributed by atoms with Gasteiger partial charge in [-0.25, -0.2) is 15.0 Å². The molecule has 3 rings (SSSR count). The van der Waals surface area contributed by atoms with E-state index < -0.39 is 0 Å². The molecule has 0 amide bonds. The number of nitrogens with zero attached hydrogens (tertiary/aromatic N) is 4. The molecular weight excluding hydrogens is 282 g/mol. The molecule has 1 N–H and O–H groups in total. The number of thiazole rings is 1. The van der Waals surface area contributed by atoms with Crippen molar-refractivity contribution in [1.29, 1.82) is 0 Å². The van der Waals surface area contributed by atoms with Gasteiger partial charge >= 0.3 is 0 Å². The lowest BCUT2D eigenvalue weighted by molar-refractivity contribution is 0.976. The number of nitrogens with one attached hydrogen (secondary N) is 1. The molecule has 0 aromatic carbocycles. The van der Waals surface area contributed by atoms with E-state index in [-0.39, 0.29) is 0 Å². The Hall–Kier alpha value is -2.34. The minimum atomic E-state index is 0.879. The monoisotopic (exact) mass is 297 g/mol. The Labute approximate surface area is 127 Å². The Bertz CT molecular complexity index is 711. The van der Waals surface area contributed by atoms with Crippen molar-refractivity contribution in [1.82, 2.24) is 19.9 Å². The summed E-state index contributed by atoms with van der Waals surface area (Å²) >= 11 is 1.63. The van der Waals surface area contributed by atoms with Gasteiger partial charge in [0.25, 0.3) is 0 Å². The van der Waals surface area contributed by atoms with Gasteiger partial charge in [0, 0.05) is 42.5 Å². The normalized spacial score (nSPS) is 10.5. The summed E-state index contributed by atoms with van der Waals surface area (Å²) in [7, 11) is 0. The maximum atomic E-state index is 4.48. The lowest BCUT2D eigenvalue weighted by Crippen LogP contribution is -1.97. The topological polar surface area (TPSA) is 63.6 Å². The van der Waals surface area contributed by atoms with Crippen LogP contribution in [0.15, 0.2) is 43.2 Å².